The Balaban J connectivity index is 1.88. The normalized spacial score (nSPS) is 15.5. The number of aliphatic hydroxyl groups excluding tert-OH is 1. The smallest absolute Gasteiger partial charge is 0.174 e. The van der Waals surface area contributed by atoms with Gasteiger partial charge in [-0.1, -0.05) is 18.2 Å². The molecule has 3 rings (SSSR count). The van der Waals surface area contributed by atoms with Gasteiger partial charge in [-0.3, -0.25) is 5.41 Å². The fourth-order valence-corrected chi connectivity index (χ4v) is 2.89. The van der Waals surface area contributed by atoms with Crippen LogP contribution in [-0.2, 0) is 0 Å². The Morgan fingerprint density at radius 3 is 2.27 bits per heavy atom. The Morgan fingerprint density at radius 2 is 1.69 bits per heavy atom. The number of hydrazone groups is 1. The molecular formula is C20H23N5O. The SMILES string of the molecule is CCN(CC)c1ccc(N=C2C(=N)N(c3ccccc3)N=C2CO)cc1. The van der Waals surface area contributed by atoms with Crippen molar-refractivity contribution < 1.29 is 5.11 Å². The molecule has 6 heteroatoms. The lowest BCUT2D eigenvalue weighted by Crippen LogP contribution is -2.27. The quantitative estimate of drug-likeness (QED) is 0.839. The number of amidine groups is 1. The van der Waals surface area contributed by atoms with Gasteiger partial charge in [-0.2, -0.15) is 5.10 Å². The molecule has 0 saturated heterocycles. The standard InChI is InChI=1S/C20H23N5O/c1-3-24(4-2)16-12-10-15(11-13-16)22-19-18(14-26)23-25(20(19)21)17-8-6-5-7-9-17/h5-13,21,26H,3-4,14H2,1-2H3. The highest BCUT2D eigenvalue weighted by Crippen LogP contribution is 2.23. The van der Waals surface area contributed by atoms with Gasteiger partial charge >= 0.3 is 0 Å². The molecule has 1 aliphatic heterocycles. The largest absolute Gasteiger partial charge is 0.390 e. The Bertz CT molecular complexity index is 823. The van der Waals surface area contributed by atoms with Crippen molar-refractivity contribution in [1.29, 1.82) is 5.41 Å². The predicted molar refractivity (Wildman–Crippen MR) is 108 cm³/mol. The Labute approximate surface area is 153 Å². The summed E-state index contributed by atoms with van der Waals surface area (Å²) in [5, 5.41) is 23.9. The Morgan fingerprint density at radius 1 is 1.04 bits per heavy atom. The number of nitrogens with zero attached hydrogens (tertiary/aromatic N) is 4. The van der Waals surface area contributed by atoms with Gasteiger partial charge in [0.05, 0.1) is 18.0 Å². The number of benzene rings is 2. The second kappa shape index (κ2) is 7.93. The van der Waals surface area contributed by atoms with Crippen LogP contribution in [0.1, 0.15) is 13.8 Å². The van der Waals surface area contributed by atoms with Crippen molar-refractivity contribution in [2.45, 2.75) is 13.8 Å². The van der Waals surface area contributed by atoms with E-state index in [1.807, 2.05) is 54.6 Å². The molecule has 0 fully saturated rings. The average molecular weight is 349 g/mol. The minimum absolute atomic E-state index is 0.160. The monoisotopic (exact) mass is 349 g/mol. The zero-order valence-corrected chi connectivity index (χ0v) is 15.1. The highest BCUT2D eigenvalue weighted by atomic mass is 16.3. The van der Waals surface area contributed by atoms with Gasteiger partial charge in [0.1, 0.15) is 11.4 Å². The first kappa shape index (κ1) is 17.8. The van der Waals surface area contributed by atoms with Gasteiger partial charge in [-0.25, -0.2) is 10.0 Å². The molecule has 0 spiro atoms. The molecule has 0 unspecified atom stereocenters. The summed E-state index contributed by atoms with van der Waals surface area (Å²) in [5.74, 6) is 0.160. The molecular weight excluding hydrogens is 326 g/mol. The maximum atomic E-state index is 9.64. The second-order valence-corrected chi connectivity index (χ2v) is 5.85. The second-order valence-electron chi connectivity index (χ2n) is 5.85. The van der Waals surface area contributed by atoms with Gasteiger partial charge < -0.3 is 10.0 Å². The molecule has 0 atom stereocenters. The maximum Gasteiger partial charge on any atom is 0.174 e. The molecule has 0 amide bonds. The van der Waals surface area contributed by atoms with Crippen molar-refractivity contribution >= 4 is 34.3 Å². The number of aliphatic imine (C=N–C) groups is 1. The molecule has 1 heterocycles. The van der Waals surface area contributed by atoms with Gasteiger partial charge in [0.2, 0.25) is 0 Å². The van der Waals surface area contributed by atoms with Crippen LogP contribution in [-0.4, -0.2) is 42.1 Å². The van der Waals surface area contributed by atoms with E-state index >= 15 is 0 Å². The first-order valence-corrected chi connectivity index (χ1v) is 8.74. The lowest BCUT2D eigenvalue weighted by atomic mass is 10.2. The van der Waals surface area contributed by atoms with Crippen LogP contribution in [0.3, 0.4) is 0 Å². The van der Waals surface area contributed by atoms with E-state index in [0.717, 1.165) is 30.2 Å². The minimum Gasteiger partial charge on any atom is -0.390 e. The van der Waals surface area contributed by atoms with Crippen molar-refractivity contribution in [2.75, 3.05) is 29.6 Å². The molecule has 1 aliphatic rings. The minimum atomic E-state index is -0.262. The third-order valence-corrected chi connectivity index (χ3v) is 4.30. The molecule has 2 N–H and O–H groups in total. The van der Waals surface area contributed by atoms with Gasteiger partial charge in [0.15, 0.2) is 5.84 Å². The van der Waals surface area contributed by atoms with Crippen LogP contribution < -0.4 is 9.91 Å². The zero-order valence-electron chi connectivity index (χ0n) is 15.1. The summed E-state index contributed by atoms with van der Waals surface area (Å²) in [5.41, 5.74) is 3.43. The van der Waals surface area contributed by atoms with Crippen LogP contribution in [0.25, 0.3) is 0 Å². The number of hydrogen-bond acceptors (Lipinski definition) is 5. The number of aliphatic hydroxyl groups is 1. The number of nitrogens with one attached hydrogen (secondary N) is 1. The summed E-state index contributed by atoms with van der Waals surface area (Å²) in [6, 6.07) is 17.3. The maximum absolute atomic E-state index is 9.64. The molecule has 134 valence electrons. The Kier molecular flexibility index (Phi) is 5.43. The number of rotatable bonds is 6. The van der Waals surface area contributed by atoms with E-state index < -0.39 is 0 Å². The van der Waals surface area contributed by atoms with Crippen molar-refractivity contribution in [3.63, 3.8) is 0 Å². The molecule has 0 aliphatic carbocycles. The molecule has 6 nitrogen and oxygen atoms in total. The van der Waals surface area contributed by atoms with Crippen LogP contribution in [0, 0.1) is 5.41 Å². The molecule has 2 aromatic carbocycles. The number of para-hydroxylation sites is 1. The van der Waals surface area contributed by atoms with Crippen molar-refractivity contribution in [2.24, 2.45) is 10.1 Å². The summed E-state index contributed by atoms with van der Waals surface area (Å²) >= 11 is 0. The summed E-state index contributed by atoms with van der Waals surface area (Å²) < 4.78 is 0. The fourth-order valence-electron chi connectivity index (χ4n) is 2.89. The van der Waals surface area contributed by atoms with E-state index in [-0.39, 0.29) is 12.4 Å². The topological polar surface area (TPSA) is 75.3 Å². The van der Waals surface area contributed by atoms with Gasteiger partial charge in [0, 0.05) is 18.8 Å². The molecule has 0 bridgehead atoms. The van der Waals surface area contributed by atoms with Crippen molar-refractivity contribution in [3.8, 4) is 0 Å². The Hall–Kier alpha value is -2.99. The van der Waals surface area contributed by atoms with Gasteiger partial charge in [-0.15, -0.1) is 0 Å². The summed E-state index contributed by atoms with van der Waals surface area (Å²) in [6.45, 7) is 5.88. The zero-order chi connectivity index (χ0) is 18.5. The lowest BCUT2D eigenvalue weighted by Gasteiger charge is -2.20. The number of hydrogen-bond donors (Lipinski definition) is 2. The van der Waals surface area contributed by atoms with E-state index in [1.54, 1.807) is 0 Å². The van der Waals surface area contributed by atoms with Crippen LogP contribution >= 0.6 is 0 Å². The first-order chi connectivity index (χ1) is 12.7. The molecule has 0 aromatic heterocycles. The van der Waals surface area contributed by atoms with E-state index in [4.69, 9.17) is 5.41 Å². The van der Waals surface area contributed by atoms with Crippen LogP contribution in [0.15, 0.2) is 64.7 Å². The average Bonchev–Trinajstić information content (AvgIpc) is 3.00. The fraction of sp³-hybridized carbons (Fsp3) is 0.250. The molecule has 2 aromatic rings. The van der Waals surface area contributed by atoms with E-state index in [1.165, 1.54) is 5.01 Å². The van der Waals surface area contributed by atoms with E-state index in [2.05, 4.69) is 28.8 Å². The lowest BCUT2D eigenvalue weighted by molar-refractivity contribution is 0.359. The molecule has 0 radical (unpaired) electrons. The van der Waals surface area contributed by atoms with Crippen molar-refractivity contribution in [1.82, 2.24) is 0 Å². The third kappa shape index (κ3) is 3.50. The third-order valence-electron chi connectivity index (χ3n) is 4.30. The first-order valence-electron chi connectivity index (χ1n) is 8.74. The summed E-state index contributed by atoms with van der Waals surface area (Å²) in [7, 11) is 0. The summed E-state index contributed by atoms with van der Waals surface area (Å²) in [4.78, 5) is 6.82. The van der Waals surface area contributed by atoms with Gasteiger partial charge in [-0.05, 0) is 50.2 Å². The highest BCUT2D eigenvalue weighted by molar-refractivity contribution is 6.72. The number of anilines is 2. The predicted octanol–water partition coefficient (Wildman–Crippen LogP) is 3.45. The van der Waals surface area contributed by atoms with Crippen LogP contribution in [0.5, 0.6) is 0 Å². The van der Waals surface area contributed by atoms with Crippen molar-refractivity contribution in [3.05, 3.63) is 54.6 Å². The summed E-state index contributed by atoms with van der Waals surface area (Å²) in [6.07, 6.45) is 0. The molecule has 26 heavy (non-hydrogen) atoms. The van der Waals surface area contributed by atoms with E-state index in [9.17, 15) is 5.11 Å². The van der Waals surface area contributed by atoms with Crippen LogP contribution in [0.2, 0.25) is 0 Å². The van der Waals surface area contributed by atoms with E-state index in [0.29, 0.717) is 11.4 Å². The van der Waals surface area contributed by atoms with Crippen LogP contribution in [0.4, 0.5) is 17.1 Å². The highest BCUT2D eigenvalue weighted by Gasteiger charge is 2.29. The molecule has 0 saturated carbocycles. The van der Waals surface area contributed by atoms with Gasteiger partial charge in [0.25, 0.3) is 0 Å².